The molecule has 7 heteroatoms. The van der Waals surface area contributed by atoms with Crippen molar-refractivity contribution in [3.8, 4) is 0 Å². The average Bonchev–Trinajstić information content (AvgIpc) is 3.22. The van der Waals surface area contributed by atoms with E-state index in [1.165, 1.54) is 12.8 Å². The number of carbonyl (C=O) groups is 1. The van der Waals surface area contributed by atoms with E-state index in [9.17, 15) is 4.79 Å². The smallest absolute Gasteiger partial charge is 0.226 e. The number of carbonyl (C=O) groups excluding carboxylic acids is 1. The molecule has 2 aliphatic rings. The highest BCUT2D eigenvalue weighted by molar-refractivity contribution is 5.85. The molecule has 2 heterocycles. The molecule has 1 aliphatic carbocycles. The lowest BCUT2D eigenvalue weighted by molar-refractivity contribution is -0.122. The Morgan fingerprint density at radius 1 is 1.41 bits per heavy atom. The highest BCUT2D eigenvalue weighted by atomic mass is 35.5. The molecule has 0 spiro atoms. The number of amides is 1. The van der Waals surface area contributed by atoms with Gasteiger partial charge < -0.3 is 15.2 Å². The molecule has 2 fully saturated rings. The minimum absolute atomic E-state index is 0. The highest BCUT2D eigenvalue weighted by Gasteiger charge is 2.28. The van der Waals surface area contributed by atoms with Crippen LogP contribution in [-0.4, -0.2) is 35.2 Å². The van der Waals surface area contributed by atoms with Crippen molar-refractivity contribution in [2.24, 2.45) is 5.92 Å². The van der Waals surface area contributed by atoms with Gasteiger partial charge in [0.2, 0.25) is 11.8 Å². The van der Waals surface area contributed by atoms with Gasteiger partial charge in [-0.05, 0) is 38.1 Å². The van der Waals surface area contributed by atoms with Gasteiger partial charge in [0, 0.05) is 31.3 Å². The molecule has 1 amide bonds. The lowest BCUT2D eigenvalue weighted by atomic mass is 9.94. The number of hydrogen-bond donors (Lipinski definition) is 2. The van der Waals surface area contributed by atoms with Crippen LogP contribution in [0.3, 0.4) is 0 Å². The Hall–Kier alpha value is -1.14. The van der Waals surface area contributed by atoms with Crippen LogP contribution in [0.5, 0.6) is 0 Å². The zero-order valence-electron chi connectivity index (χ0n) is 13.0. The molecule has 0 aromatic carbocycles. The first-order valence-corrected chi connectivity index (χ1v) is 8.05. The van der Waals surface area contributed by atoms with E-state index in [2.05, 4.69) is 27.7 Å². The summed E-state index contributed by atoms with van der Waals surface area (Å²) in [6.45, 7) is 4.12. The number of nitrogens with one attached hydrogen (secondary N) is 2. The van der Waals surface area contributed by atoms with Gasteiger partial charge >= 0.3 is 0 Å². The maximum absolute atomic E-state index is 12.0. The lowest BCUT2D eigenvalue weighted by Crippen LogP contribution is -2.50. The Bertz CT molecular complexity index is 490. The predicted octanol–water partition coefficient (Wildman–Crippen LogP) is 1.81. The van der Waals surface area contributed by atoms with Crippen LogP contribution in [0.25, 0.3) is 0 Å². The normalized spacial score (nSPS) is 24.6. The number of nitrogens with zero attached hydrogens (tertiary/aromatic N) is 2. The van der Waals surface area contributed by atoms with Crippen molar-refractivity contribution in [2.45, 2.75) is 57.4 Å². The molecule has 1 aliphatic heterocycles. The number of aryl methyl sites for hydroxylation is 1. The summed E-state index contributed by atoms with van der Waals surface area (Å²) in [5.41, 5.74) is 0. The Balaban J connectivity index is 0.00000176. The van der Waals surface area contributed by atoms with Gasteiger partial charge in [0.15, 0.2) is 5.82 Å². The first-order valence-electron chi connectivity index (χ1n) is 8.05. The first kappa shape index (κ1) is 17.2. The van der Waals surface area contributed by atoms with Crippen molar-refractivity contribution in [3.63, 3.8) is 0 Å². The second-order valence-corrected chi connectivity index (χ2v) is 6.32. The Kier molecular flexibility index (Phi) is 6.20. The quantitative estimate of drug-likeness (QED) is 0.832. The van der Waals surface area contributed by atoms with E-state index in [1.807, 2.05) is 0 Å². The SMILES string of the molecule is CC1CCNCC1NC(=O)CCCc1nc(C2CC2)no1.Cl. The van der Waals surface area contributed by atoms with Crippen molar-refractivity contribution >= 4 is 18.3 Å². The fourth-order valence-electron chi connectivity index (χ4n) is 2.74. The second-order valence-electron chi connectivity index (χ2n) is 6.32. The number of halogens is 1. The molecule has 1 aromatic rings. The molecule has 22 heavy (non-hydrogen) atoms. The highest BCUT2D eigenvalue weighted by Crippen LogP contribution is 2.38. The number of aromatic nitrogens is 2. The van der Waals surface area contributed by atoms with Crippen LogP contribution in [0.4, 0.5) is 0 Å². The van der Waals surface area contributed by atoms with Crippen LogP contribution in [0.2, 0.25) is 0 Å². The summed E-state index contributed by atoms with van der Waals surface area (Å²) >= 11 is 0. The molecule has 0 bridgehead atoms. The fourth-order valence-corrected chi connectivity index (χ4v) is 2.74. The van der Waals surface area contributed by atoms with Gasteiger partial charge in [-0.3, -0.25) is 4.79 Å². The summed E-state index contributed by atoms with van der Waals surface area (Å²) < 4.78 is 5.21. The van der Waals surface area contributed by atoms with Gasteiger partial charge in [0.1, 0.15) is 0 Å². The summed E-state index contributed by atoms with van der Waals surface area (Å²) in [5, 5.41) is 10.4. The molecule has 0 radical (unpaired) electrons. The molecular weight excluding hydrogens is 304 g/mol. The summed E-state index contributed by atoms with van der Waals surface area (Å²) in [6.07, 6.45) is 5.43. The molecule has 1 aromatic heterocycles. The minimum atomic E-state index is 0. The predicted molar refractivity (Wildman–Crippen MR) is 85.0 cm³/mol. The molecule has 2 unspecified atom stereocenters. The Labute approximate surface area is 137 Å². The number of piperidine rings is 1. The van der Waals surface area contributed by atoms with E-state index in [1.54, 1.807) is 0 Å². The maximum atomic E-state index is 12.0. The fraction of sp³-hybridized carbons (Fsp3) is 0.800. The van der Waals surface area contributed by atoms with Crippen LogP contribution in [-0.2, 0) is 11.2 Å². The molecule has 6 nitrogen and oxygen atoms in total. The van der Waals surface area contributed by atoms with E-state index in [0.717, 1.165) is 31.8 Å². The van der Waals surface area contributed by atoms with E-state index >= 15 is 0 Å². The zero-order chi connectivity index (χ0) is 14.7. The van der Waals surface area contributed by atoms with E-state index in [-0.39, 0.29) is 24.4 Å². The summed E-state index contributed by atoms with van der Waals surface area (Å²) in [6, 6.07) is 0.260. The third-order valence-corrected chi connectivity index (χ3v) is 4.39. The third kappa shape index (κ3) is 4.68. The Morgan fingerprint density at radius 2 is 2.23 bits per heavy atom. The maximum Gasteiger partial charge on any atom is 0.226 e. The van der Waals surface area contributed by atoms with E-state index < -0.39 is 0 Å². The van der Waals surface area contributed by atoms with Gasteiger partial charge in [-0.2, -0.15) is 4.98 Å². The largest absolute Gasteiger partial charge is 0.352 e. The molecule has 124 valence electrons. The van der Waals surface area contributed by atoms with Crippen molar-refractivity contribution in [2.75, 3.05) is 13.1 Å². The summed E-state index contributed by atoms with van der Waals surface area (Å²) in [5.74, 6) is 2.70. The molecule has 3 rings (SSSR count). The summed E-state index contributed by atoms with van der Waals surface area (Å²) in [7, 11) is 0. The monoisotopic (exact) mass is 328 g/mol. The number of hydrogen-bond acceptors (Lipinski definition) is 5. The topological polar surface area (TPSA) is 80.0 Å². The van der Waals surface area contributed by atoms with Crippen molar-refractivity contribution in [1.82, 2.24) is 20.8 Å². The minimum Gasteiger partial charge on any atom is -0.352 e. The molecule has 2 atom stereocenters. The third-order valence-electron chi connectivity index (χ3n) is 4.39. The van der Waals surface area contributed by atoms with Crippen molar-refractivity contribution < 1.29 is 9.32 Å². The molecule has 1 saturated heterocycles. The van der Waals surface area contributed by atoms with Crippen molar-refractivity contribution in [3.05, 3.63) is 11.7 Å². The van der Waals surface area contributed by atoms with Gasteiger partial charge in [-0.25, -0.2) is 0 Å². The second kappa shape index (κ2) is 7.92. The zero-order valence-corrected chi connectivity index (χ0v) is 13.8. The molecular formula is C15H25ClN4O2. The van der Waals surface area contributed by atoms with Crippen LogP contribution in [0.15, 0.2) is 4.52 Å². The van der Waals surface area contributed by atoms with E-state index in [0.29, 0.717) is 30.6 Å². The lowest BCUT2D eigenvalue weighted by Gasteiger charge is -2.30. The van der Waals surface area contributed by atoms with Crippen molar-refractivity contribution in [1.29, 1.82) is 0 Å². The standard InChI is InChI=1S/C15H24N4O2.ClH/c1-10-7-8-16-9-12(10)17-13(20)3-2-4-14-18-15(19-21-14)11-5-6-11;/h10-12,16H,2-9H2,1H3,(H,17,20);1H. The number of rotatable bonds is 6. The van der Waals surface area contributed by atoms with Gasteiger partial charge in [0.25, 0.3) is 0 Å². The molecule has 1 saturated carbocycles. The van der Waals surface area contributed by atoms with Gasteiger partial charge in [-0.15, -0.1) is 12.4 Å². The van der Waals surface area contributed by atoms with E-state index in [4.69, 9.17) is 4.52 Å². The van der Waals surface area contributed by atoms with Gasteiger partial charge in [0.05, 0.1) is 0 Å². The Morgan fingerprint density at radius 3 is 2.95 bits per heavy atom. The average molecular weight is 329 g/mol. The van der Waals surface area contributed by atoms with Crippen LogP contribution >= 0.6 is 12.4 Å². The van der Waals surface area contributed by atoms with Crippen LogP contribution in [0.1, 0.15) is 56.7 Å². The van der Waals surface area contributed by atoms with Crippen LogP contribution in [0, 0.1) is 5.92 Å². The first-order chi connectivity index (χ1) is 10.2. The van der Waals surface area contributed by atoms with Crippen LogP contribution < -0.4 is 10.6 Å². The summed E-state index contributed by atoms with van der Waals surface area (Å²) in [4.78, 5) is 16.3. The van der Waals surface area contributed by atoms with Gasteiger partial charge in [-0.1, -0.05) is 12.1 Å². The molecule has 2 N–H and O–H groups in total.